The van der Waals surface area contributed by atoms with Crippen LogP contribution in [0.25, 0.3) is 21.3 Å². The molecule has 1 aliphatic heterocycles. The molecule has 5 rings (SSSR count). The number of aryl methyl sites for hydroxylation is 1. The number of hydrogen-bond acceptors (Lipinski definition) is 7. The van der Waals surface area contributed by atoms with Gasteiger partial charge in [-0.3, -0.25) is 4.79 Å². The number of thiazole rings is 1. The molecule has 1 saturated heterocycles. The molecule has 2 aromatic carbocycles. The van der Waals surface area contributed by atoms with Gasteiger partial charge in [0.25, 0.3) is 0 Å². The molecule has 9 heteroatoms. The Morgan fingerprint density at radius 2 is 2.00 bits per heavy atom. The second kappa shape index (κ2) is 9.15. The topological polar surface area (TPSA) is 75.1 Å². The standard InChI is InChI=1S/C23H25ClN6OS/c1-29-19-7-4-15(20(31)3-2-10-30-11-8-25-9-12-30)13-18(19)26-22(29)28-23-27-17-6-5-16(24)14-21(17)32-23/h4-7,13-14,25H,2-3,8-12H2,1H3,(H,26,27,28). The normalized spacial score (nSPS) is 14.9. The number of rotatable bonds is 7. The van der Waals surface area contributed by atoms with E-state index in [2.05, 4.69) is 20.5 Å². The molecule has 4 aromatic rings. The van der Waals surface area contributed by atoms with Crippen molar-refractivity contribution in [3.05, 3.63) is 47.0 Å². The number of nitrogens with zero attached hydrogens (tertiary/aromatic N) is 4. The summed E-state index contributed by atoms with van der Waals surface area (Å²) in [5, 5.41) is 8.12. The smallest absolute Gasteiger partial charge is 0.209 e. The molecule has 0 aliphatic carbocycles. The summed E-state index contributed by atoms with van der Waals surface area (Å²) in [4.78, 5) is 24.5. The first-order chi connectivity index (χ1) is 15.6. The number of anilines is 2. The molecule has 3 heterocycles. The maximum atomic E-state index is 12.7. The van der Waals surface area contributed by atoms with Crippen LogP contribution in [0.5, 0.6) is 0 Å². The average Bonchev–Trinajstić information content (AvgIpc) is 3.34. The van der Waals surface area contributed by atoms with Crippen LogP contribution in [0.1, 0.15) is 23.2 Å². The van der Waals surface area contributed by atoms with Crippen LogP contribution in [0.3, 0.4) is 0 Å². The second-order valence-electron chi connectivity index (χ2n) is 8.07. The highest BCUT2D eigenvalue weighted by atomic mass is 35.5. The number of nitrogens with one attached hydrogen (secondary N) is 2. The number of Topliss-reactive ketones (excluding diaryl/α,β-unsaturated/α-hetero) is 1. The Morgan fingerprint density at radius 1 is 1.16 bits per heavy atom. The number of hydrogen-bond donors (Lipinski definition) is 2. The zero-order chi connectivity index (χ0) is 22.1. The highest BCUT2D eigenvalue weighted by molar-refractivity contribution is 7.22. The Kier molecular flexibility index (Phi) is 6.10. The molecule has 166 valence electrons. The van der Waals surface area contributed by atoms with Crippen molar-refractivity contribution < 1.29 is 4.79 Å². The SMILES string of the molecule is Cn1c(Nc2nc3ccc(Cl)cc3s2)nc2cc(C(=O)CCCN3CCNCC3)ccc21. The lowest BCUT2D eigenvalue weighted by Gasteiger charge is -2.26. The van der Waals surface area contributed by atoms with Gasteiger partial charge in [0.05, 0.1) is 21.3 Å². The van der Waals surface area contributed by atoms with Crippen molar-refractivity contribution in [3.8, 4) is 0 Å². The van der Waals surface area contributed by atoms with E-state index in [1.54, 1.807) is 0 Å². The molecular weight excluding hydrogens is 444 g/mol. The number of imidazole rings is 1. The average molecular weight is 469 g/mol. The minimum absolute atomic E-state index is 0.172. The van der Waals surface area contributed by atoms with Gasteiger partial charge in [0.2, 0.25) is 5.95 Å². The summed E-state index contributed by atoms with van der Waals surface area (Å²) in [6, 6.07) is 11.4. The Balaban J connectivity index is 1.29. The molecule has 1 fully saturated rings. The van der Waals surface area contributed by atoms with E-state index in [9.17, 15) is 4.79 Å². The highest BCUT2D eigenvalue weighted by Crippen LogP contribution is 2.31. The third-order valence-electron chi connectivity index (χ3n) is 5.86. The summed E-state index contributed by atoms with van der Waals surface area (Å²) < 4.78 is 3.00. The predicted octanol–water partition coefficient (Wildman–Crippen LogP) is 4.45. The van der Waals surface area contributed by atoms with E-state index in [1.165, 1.54) is 11.3 Å². The molecule has 0 unspecified atom stereocenters. The van der Waals surface area contributed by atoms with E-state index >= 15 is 0 Å². The summed E-state index contributed by atoms with van der Waals surface area (Å²) in [5.74, 6) is 0.860. The fraction of sp³-hybridized carbons (Fsp3) is 0.348. The molecule has 0 radical (unpaired) electrons. The van der Waals surface area contributed by atoms with Crippen LogP contribution in [0, 0.1) is 0 Å². The van der Waals surface area contributed by atoms with E-state index in [-0.39, 0.29) is 5.78 Å². The van der Waals surface area contributed by atoms with Gasteiger partial charge < -0.3 is 20.1 Å². The molecule has 0 atom stereocenters. The summed E-state index contributed by atoms with van der Waals surface area (Å²) in [6.45, 7) is 5.16. The highest BCUT2D eigenvalue weighted by Gasteiger charge is 2.15. The maximum absolute atomic E-state index is 12.7. The monoisotopic (exact) mass is 468 g/mol. The lowest BCUT2D eigenvalue weighted by molar-refractivity contribution is 0.0974. The number of piperazine rings is 1. The fourth-order valence-electron chi connectivity index (χ4n) is 4.07. The van der Waals surface area contributed by atoms with Crippen LogP contribution in [0.2, 0.25) is 5.02 Å². The van der Waals surface area contributed by atoms with E-state index in [0.29, 0.717) is 17.4 Å². The maximum Gasteiger partial charge on any atom is 0.209 e. The lowest BCUT2D eigenvalue weighted by Crippen LogP contribution is -2.43. The molecule has 0 saturated carbocycles. The number of halogens is 1. The first kappa shape index (κ1) is 21.3. The number of benzene rings is 2. The van der Waals surface area contributed by atoms with Crippen LogP contribution < -0.4 is 10.6 Å². The Labute approximate surface area is 195 Å². The van der Waals surface area contributed by atoms with Gasteiger partial charge in [-0.25, -0.2) is 9.97 Å². The first-order valence-corrected chi connectivity index (χ1v) is 12.0. The van der Waals surface area contributed by atoms with Crippen molar-refractivity contribution >= 4 is 61.1 Å². The fourth-order valence-corrected chi connectivity index (χ4v) is 5.21. The molecule has 0 amide bonds. The molecule has 0 bridgehead atoms. The first-order valence-electron chi connectivity index (χ1n) is 10.8. The summed E-state index contributed by atoms with van der Waals surface area (Å²) >= 11 is 7.62. The number of fused-ring (bicyclic) bond motifs is 2. The van der Waals surface area contributed by atoms with Crippen molar-refractivity contribution in [2.75, 3.05) is 38.0 Å². The summed E-state index contributed by atoms with van der Waals surface area (Å²) in [5.41, 5.74) is 3.38. The summed E-state index contributed by atoms with van der Waals surface area (Å²) in [7, 11) is 1.96. The number of ketones is 1. The zero-order valence-corrected chi connectivity index (χ0v) is 19.5. The van der Waals surface area contributed by atoms with Crippen molar-refractivity contribution in [2.45, 2.75) is 12.8 Å². The van der Waals surface area contributed by atoms with Gasteiger partial charge in [0.15, 0.2) is 10.9 Å². The Bertz CT molecular complexity index is 1280. The van der Waals surface area contributed by atoms with Crippen LogP contribution in [0.15, 0.2) is 36.4 Å². The number of carbonyl (C=O) groups is 1. The third kappa shape index (κ3) is 4.49. The van der Waals surface area contributed by atoms with Crippen molar-refractivity contribution in [3.63, 3.8) is 0 Å². The van der Waals surface area contributed by atoms with Gasteiger partial charge in [0.1, 0.15) is 0 Å². The molecule has 32 heavy (non-hydrogen) atoms. The predicted molar refractivity (Wildman–Crippen MR) is 132 cm³/mol. The minimum atomic E-state index is 0.172. The van der Waals surface area contributed by atoms with Crippen molar-refractivity contribution in [2.24, 2.45) is 7.05 Å². The molecular formula is C23H25ClN6OS. The second-order valence-corrected chi connectivity index (χ2v) is 9.54. The molecule has 0 spiro atoms. The molecule has 7 nitrogen and oxygen atoms in total. The van der Waals surface area contributed by atoms with Crippen LogP contribution >= 0.6 is 22.9 Å². The van der Waals surface area contributed by atoms with E-state index in [1.807, 2.05) is 48.0 Å². The van der Waals surface area contributed by atoms with Gasteiger partial charge in [-0.05, 0) is 49.4 Å². The summed E-state index contributed by atoms with van der Waals surface area (Å²) in [6.07, 6.45) is 1.44. The van der Waals surface area contributed by atoms with Gasteiger partial charge >= 0.3 is 0 Å². The van der Waals surface area contributed by atoms with Crippen molar-refractivity contribution in [1.29, 1.82) is 0 Å². The van der Waals surface area contributed by atoms with Gasteiger partial charge in [-0.15, -0.1) is 0 Å². The lowest BCUT2D eigenvalue weighted by atomic mass is 10.1. The van der Waals surface area contributed by atoms with E-state index in [4.69, 9.17) is 16.6 Å². The zero-order valence-electron chi connectivity index (χ0n) is 17.9. The van der Waals surface area contributed by atoms with Crippen LogP contribution in [-0.2, 0) is 7.05 Å². The molecule has 2 aromatic heterocycles. The Hall–Kier alpha value is -2.52. The third-order valence-corrected chi connectivity index (χ3v) is 7.03. The van der Waals surface area contributed by atoms with Crippen LogP contribution in [-0.4, -0.2) is 57.9 Å². The van der Waals surface area contributed by atoms with Gasteiger partial charge in [0, 0.05) is 50.2 Å². The number of carbonyl (C=O) groups excluding carboxylic acids is 1. The number of aromatic nitrogens is 3. The van der Waals surface area contributed by atoms with E-state index < -0.39 is 0 Å². The van der Waals surface area contributed by atoms with E-state index in [0.717, 1.165) is 71.1 Å². The quantitative estimate of drug-likeness (QED) is 0.390. The van der Waals surface area contributed by atoms with Gasteiger partial charge in [-0.2, -0.15) is 0 Å². The Morgan fingerprint density at radius 3 is 2.84 bits per heavy atom. The van der Waals surface area contributed by atoms with Crippen LogP contribution in [0.4, 0.5) is 11.1 Å². The van der Waals surface area contributed by atoms with Gasteiger partial charge in [-0.1, -0.05) is 22.9 Å². The molecule has 1 aliphatic rings. The molecule has 2 N–H and O–H groups in total. The largest absolute Gasteiger partial charge is 0.314 e. The minimum Gasteiger partial charge on any atom is -0.314 e. The van der Waals surface area contributed by atoms with Crippen molar-refractivity contribution in [1.82, 2.24) is 24.8 Å².